The van der Waals surface area contributed by atoms with Crippen LogP contribution in [0, 0.1) is 35.5 Å². The van der Waals surface area contributed by atoms with Gasteiger partial charge in [0.1, 0.15) is 12.3 Å². The number of hydrogen-bond donors (Lipinski definition) is 0. The molecule has 0 N–H and O–H groups in total. The van der Waals surface area contributed by atoms with Crippen molar-refractivity contribution in [2.75, 3.05) is 0 Å². The molecule has 1 nitrogen and oxygen atoms in total. The van der Waals surface area contributed by atoms with Crippen LogP contribution >= 0.6 is 0 Å². The Morgan fingerprint density at radius 1 is 0.692 bits per heavy atom. The molecule has 26 heavy (non-hydrogen) atoms. The average Bonchev–Trinajstić information content (AvgIpc) is 2.58. The SMILES string of the molecule is CC1CCC(C2CCC(C3CC(C)C(OC(F)(F)F)C(F)C3)CC2)CC1. The van der Waals surface area contributed by atoms with Crippen molar-refractivity contribution in [1.82, 2.24) is 0 Å². The molecule has 3 aliphatic rings. The molecule has 3 aliphatic carbocycles. The summed E-state index contributed by atoms with van der Waals surface area (Å²) in [6.45, 7) is 4.06. The Morgan fingerprint density at radius 2 is 1.15 bits per heavy atom. The molecule has 0 aliphatic heterocycles. The molecule has 5 heteroatoms. The fraction of sp³-hybridized carbons (Fsp3) is 1.00. The summed E-state index contributed by atoms with van der Waals surface area (Å²) in [6.07, 6.45) is 3.49. The molecular weight excluding hydrogens is 344 g/mol. The summed E-state index contributed by atoms with van der Waals surface area (Å²) in [4.78, 5) is 0. The van der Waals surface area contributed by atoms with E-state index in [0.29, 0.717) is 12.3 Å². The molecule has 0 spiro atoms. The van der Waals surface area contributed by atoms with E-state index in [1.807, 2.05) is 0 Å². The molecule has 3 saturated carbocycles. The van der Waals surface area contributed by atoms with Crippen LogP contribution < -0.4 is 0 Å². The largest absolute Gasteiger partial charge is 0.522 e. The van der Waals surface area contributed by atoms with Crippen molar-refractivity contribution in [3.05, 3.63) is 0 Å². The van der Waals surface area contributed by atoms with Gasteiger partial charge in [-0.15, -0.1) is 13.2 Å². The first-order valence-corrected chi connectivity index (χ1v) is 10.6. The van der Waals surface area contributed by atoms with E-state index in [1.54, 1.807) is 6.92 Å². The van der Waals surface area contributed by atoms with Gasteiger partial charge in [-0.05, 0) is 86.9 Å². The van der Waals surface area contributed by atoms with E-state index < -0.39 is 18.6 Å². The summed E-state index contributed by atoms with van der Waals surface area (Å²) >= 11 is 0. The Labute approximate surface area is 155 Å². The Balaban J connectivity index is 1.48. The Morgan fingerprint density at radius 3 is 1.62 bits per heavy atom. The van der Waals surface area contributed by atoms with Crippen molar-refractivity contribution < 1.29 is 22.3 Å². The molecule has 4 unspecified atom stereocenters. The Bertz CT molecular complexity index is 424. The number of hydrogen-bond acceptors (Lipinski definition) is 1. The number of ether oxygens (including phenoxy) is 1. The second-order valence-corrected chi connectivity index (χ2v) is 9.45. The maximum Gasteiger partial charge on any atom is 0.522 e. The molecule has 3 rings (SSSR count). The maximum absolute atomic E-state index is 14.4. The minimum atomic E-state index is -4.74. The molecule has 0 aromatic rings. The van der Waals surface area contributed by atoms with Crippen molar-refractivity contribution >= 4 is 0 Å². The number of alkyl halides is 4. The van der Waals surface area contributed by atoms with E-state index >= 15 is 0 Å². The molecule has 0 amide bonds. The lowest BCUT2D eigenvalue weighted by Gasteiger charge is -2.43. The number of rotatable bonds is 3. The third-order valence-electron chi connectivity index (χ3n) is 7.60. The minimum absolute atomic E-state index is 0.223. The topological polar surface area (TPSA) is 9.23 Å². The third-order valence-corrected chi connectivity index (χ3v) is 7.60. The summed E-state index contributed by atoms with van der Waals surface area (Å²) < 4.78 is 56.0. The zero-order valence-electron chi connectivity index (χ0n) is 16.1. The van der Waals surface area contributed by atoms with Gasteiger partial charge in [-0.2, -0.15) is 0 Å². The second kappa shape index (κ2) is 8.36. The molecule has 0 heterocycles. The molecule has 0 aromatic heterocycles. The van der Waals surface area contributed by atoms with Crippen LogP contribution in [0.1, 0.15) is 78.1 Å². The van der Waals surface area contributed by atoms with Crippen molar-refractivity contribution in [3.63, 3.8) is 0 Å². The quantitative estimate of drug-likeness (QED) is 0.485. The summed E-state index contributed by atoms with van der Waals surface area (Å²) in [5.41, 5.74) is 0. The van der Waals surface area contributed by atoms with Crippen LogP contribution in [0.4, 0.5) is 17.6 Å². The lowest BCUT2D eigenvalue weighted by Crippen LogP contribution is -2.44. The summed E-state index contributed by atoms with van der Waals surface area (Å²) in [6, 6.07) is 0. The lowest BCUT2D eigenvalue weighted by atomic mass is 9.64. The van der Waals surface area contributed by atoms with Gasteiger partial charge in [-0.3, -0.25) is 4.74 Å². The highest BCUT2D eigenvalue weighted by Crippen LogP contribution is 2.47. The van der Waals surface area contributed by atoms with Crippen LogP contribution in [-0.4, -0.2) is 18.6 Å². The molecule has 152 valence electrons. The van der Waals surface area contributed by atoms with Gasteiger partial charge in [0.05, 0.1) is 0 Å². The molecular formula is C21H34F4O. The van der Waals surface area contributed by atoms with Crippen LogP contribution in [0.2, 0.25) is 0 Å². The van der Waals surface area contributed by atoms with E-state index in [4.69, 9.17) is 0 Å². The minimum Gasteiger partial charge on any atom is -0.285 e. The Hall–Kier alpha value is -0.320. The van der Waals surface area contributed by atoms with Gasteiger partial charge in [0.25, 0.3) is 0 Å². The van der Waals surface area contributed by atoms with E-state index in [0.717, 1.165) is 30.6 Å². The maximum atomic E-state index is 14.4. The van der Waals surface area contributed by atoms with Gasteiger partial charge >= 0.3 is 6.36 Å². The predicted molar refractivity (Wildman–Crippen MR) is 94.3 cm³/mol. The fourth-order valence-corrected chi connectivity index (χ4v) is 6.06. The van der Waals surface area contributed by atoms with Crippen molar-refractivity contribution in [3.8, 4) is 0 Å². The van der Waals surface area contributed by atoms with E-state index in [1.165, 1.54) is 38.5 Å². The van der Waals surface area contributed by atoms with Crippen LogP contribution in [0.25, 0.3) is 0 Å². The van der Waals surface area contributed by atoms with Crippen LogP contribution in [0.15, 0.2) is 0 Å². The molecule has 0 aromatic carbocycles. The molecule has 0 saturated heterocycles. The van der Waals surface area contributed by atoms with Crippen LogP contribution in [-0.2, 0) is 4.74 Å². The average molecular weight is 378 g/mol. The van der Waals surface area contributed by atoms with Gasteiger partial charge < -0.3 is 0 Å². The van der Waals surface area contributed by atoms with Crippen LogP contribution in [0.3, 0.4) is 0 Å². The molecule has 4 atom stereocenters. The second-order valence-electron chi connectivity index (χ2n) is 9.45. The van der Waals surface area contributed by atoms with Gasteiger partial charge in [-0.1, -0.05) is 26.7 Å². The summed E-state index contributed by atoms with van der Waals surface area (Å²) in [5, 5.41) is 0. The zero-order valence-corrected chi connectivity index (χ0v) is 16.1. The van der Waals surface area contributed by atoms with Gasteiger partial charge in [0, 0.05) is 0 Å². The first-order chi connectivity index (χ1) is 12.2. The van der Waals surface area contributed by atoms with Gasteiger partial charge in [0.15, 0.2) is 0 Å². The predicted octanol–water partition coefficient (Wildman–Crippen LogP) is 6.91. The van der Waals surface area contributed by atoms with E-state index in [2.05, 4.69) is 11.7 Å². The summed E-state index contributed by atoms with van der Waals surface area (Å²) in [7, 11) is 0. The van der Waals surface area contributed by atoms with E-state index in [9.17, 15) is 17.6 Å². The lowest BCUT2D eigenvalue weighted by molar-refractivity contribution is -0.358. The van der Waals surface area contributed by atoms with Crippen molar-refractivity contribution in [1.29, 1.82) is 0 Å². The highest BCUT2D eigenvalue weighted by molar-refractivity contribution is 4.91. The first-order valence-electron chi connectivity index (χ1n) is 10.6. The molecule has 0 radical (unpaired) electrons. The zero-order chi connectivity index (χ0) is 18.9. The van der Waals surface area contributed by atoms with Crippen molar-refractivity contribution in [2.45, 2.75) is 96.7 Å². The standard InChI is InChI=1S/C21H34F4O/c1-13-3-5-15(6-4-13)16-7-9-17(10-8-16)18-11-14(2)20(19(22)12-18)26-21(23,24)25/h13-20H,3-12H2,1-2H3. The first kappa shape index (κ1) is 20.4. The van der Waals surface area contributed by atoms with Crippen LogP contribution in [0.5, 0.6) is 0 Å². The third kappa shape index (κ3) is 5.14. The monoisotopic (exact) mass is 378 g/mol. The van der Waals surface area contributed by atoms with E-state index in [-0.39, 0.29) is 18.3 Å². The highest BCUT2D eigenvalue weighted by atomic mass is 19.4. The number of halogens is 4. The molecule has 3 fully saturated rings. The van der Waals surface area contributed by atoms with Gasteiger partial charge in [-0.25, -0.2) is 4.39 Å². The summed E-state index contributed by atoms with van der Waals surface area (Å²) in [5.74, 6) is 2.91. The molecule has 0 bridgehead atoms. The van der Waals surface area contributed by atoms with Crippen molar-refractivity contribution in [2.24, 2.45) is 35.5 Å². The smallest absolute Gasteiger partial charge is 0.285 e. The van der Waals surface area contributed by atoms with Gasteiger partial charge in [0.2, 0.25) is 0 Å². The highest BCUT2D eigenvalue weighted by Gasteiger charge is 2.45. The fourth-order valence-electron chi connectivity index (χ4n) is 6.06. The Kier molecular flexibility index (Phi) is 6.57. The normalized spacial score (nSPS) is 45.5.